The first kappa shape index (κ1) is 20.3. The molecule has 1 fully saturated rings. The Bertz CT molecular complexity index is 976. The van der Waals surface area contributed by atoms with Crippen molar-refractivity contribution in [2.75, 3.05) is 37.6 Å². The van der Waals surface area contributed by atoms with E-state index in [-0.39, 0.29) is 5.78 Å². The number of carbonyl (C=O) groups is 1. The molecule has 3 aromatic rings. The number of rotatable bonds is 7. The SMILES string of the molecule is Cc1cc(C(=O)CN2CCN(c3ncccn3)CC2)c(C)n1CCc1ccccc1. The van der Waals surface area contributed by atoms with Gasteiger partial charge in [0.1, 0.15) is 0 Å². The number of aromatic nitrogens is 3. The zero-order valence-corrected chi connectivity index (χ0v) is 17.8. The zero-order chi connectivity index (χ0) is 20.9. The lowest BCUT2D eigenvalue weighted by Gasteiger charge is -2.34. The first-order valence-electron chi connectivity index (χ1n) is 10.6. The standard InChI is InChI=1S/C24H29N5O/c1-19-17-22(20(2)29(19)12-9-21-7-4-3-5-8-21)23(30)18-27-13-15-28(16-14-27)24-25-10-6-11-26-24/h3-8,10-11,17H,9,12-16,18H2,1-2H3. The first-order valence-corrected chi connectivity index (χ1v) is 10.6. The molecule has 0 atom stereocenters. The maximum Gasteiger partial charge on any atom is 0.225 e. The normalized spacial score (nSPS) is 14.8. The number of hydrogen-bond acceptors (Lipinski definition) is 5. The molecular formula is C24H29N5O. The Hall–Kier alpha value is -2.99. The van der Waals surface area contributed by atoms with E-state index >= 15 is 0 Å². The number of hydrogen-bond donors (Lipinski definition) is 0. The molecule has 1 saturated heterocycles. The first-order chi connectivity index (χ1) is 14.6. The van der Waals surface area contributed by atoms with Crippen LogP contribution in [0.25, 0.3) is 0 Å². The Morgan fingerprint density at radius 3 is 2.37 bits per heavy atom. The van der Waals surface area contributed by atoms with Crippen LogP contribution in [0, 0.1) is 13.8 Å². The fraction of sp³-hybridized carbons (Fsp3) is 0.375. The van der Waals surface area contributed by atoms with Crippen molar-refractivity contribution in [3.05, 3.63) is 77.4 Å². The summed E-state index contributed by atoms with van der Waals surface area (Å²) in [6, 6.07) is 14.4. The van der Waals surface area contributed by atoms with E-state index in [4.69, 9.17) is 0 Å². The number of carbonyl (C=O) groups excluding carboxylic acids is 1. The Balaban J connectivity index is 1.35. The van der Waals surface area contributed by atoms with Crippen LogP contribution < -0.4 is 4.90 Å². The van der Waals surface area contributed by atoms with E-state index in [1.165, 1.54) is 5.56 Å². The summed E-state index contributed by atoms with van der Waals surface area (Å²) in [4.78, 5) is 26.1. The number of aryl methyl sites for hydroxylation is 2. The Morgan fingerprint density at radius 1 is 0.967 bits per heavy atom. The van der Waals surface area contributed by atoms with Gasteiger partial charge in [0.15, 0.2) is 5.78 Å². The van der Waals surface area contributed by atoms with Crippen LogP contribution in [-0.4, -0.2) is 57.9 Å². The van der Waals surface area contributed by atoms with Crippen LogP contribution in [0.5, 0.6) is 0 Å². The second-order valence-electron chi connectivity index (χ2n) is 7.91. The number of benzene rings is 1. The lowest BCUT2D eigenvalue weighted by Crippen LogP contribution is -2.48. The number of ketones is 1. The monoisotopic (exact) mass is 403 g/mol. The molecule has 30 heavy (non-hydrogen) atoms. The molecule has 6 heteroatoms. The molecule has 2 aromatic heterocycles. The molecule has 0 radical (unpaired) electrons. The van der Waals surface area contributed by atoms with Crippen LogP contribution in [0.2, 0.25) is 0 Å². The highest BCUT2D eigenvalue weighted by atomic mass is 16.1. The highest BCUT2D eigenvalue weighted by Gasteiger charge is 2.23. The molecule has 156 valence electrons. The fourth-order valence-electron chi connectivity index (χ4n) is 4.16. The minimum Gasteiger partial charge on any atom is -0.348 e. The van der Waals surface area contributed by atoms with Gasteiger partial charge in [0, 0.05) is 62.1 Å². The average molecular weight is 404 g/mol. The van der Waals surface area contributed by atoms with Gasteiger partial charge < -0.3 is 9.47 Å². The van der Waals surface area contributed by atoms with Gasteiger partial charge in [-0.25, -0.2) is 9.97 Å². The van der Waals surface area contributed by atoms with E-state index in [0.717, 1.165) is 62.0 Å². The number of anilines is 1. The topological polar surface area (TPSA) is 54.3 Å². The molecule has 0 saturated carbocycles. The number of Topliss-reactive ketones (excluding diaryl/α,β-unsaturated/α-hetero) is 1. The Labute approximate surface area is 178 Å². The van der Waals surface area contributed by atoms with E-state index in [1.807, 2.05) is 12.1 Å². The fourth-order valence-corrected chi connectivity index (χ4v) is 4.16. The maximum atomic E-state index is 13.0. The third-order valence-electron chi connectivity index (χ3n) is 5.92. The average Bonchev–Trinajstić information content (AvgIpc) is 3.07. The van der Waals surface area contributed by atoms with Crippen molar-refractivity contribution in [1.82, 2.24) is 19.4 Å². The molecule has 0 amide bonds. The van der Waals surface area contributed by atoms with E-state index in [0.29, 0.717) is 6.54 Å². The zero-order valence-electron chi connectivity index (χ0n) is 17.8. The van der Waals surface area contributed by atoms with Crippen LogP contribution in [0.1, 0.15) is 27.3 Å². The third-order valence-corrected chi connectivity index (χ3v) is 5.92. The van der Waals surface area contributed by atoms with Gasteiger partial charge in [-0.05, 0) is 38.0 Å². The number of piperazine rings is 1. The quantitative estimate of drug-likeness (QED) is 0.567. The Kier molecular flexibility index (Phi) is 6.23. The predicted molar refractivity (Wildman–Crippen MR) is 119 cm³/mol. The molecule has 0 unspecified atom stereocenters. The third kappa shape index (κ3) is 4.60. The van der Waals surface area contributed by atoms with Gasteiger partial charge in [-0.2, -0.15) is 0 Å². The molecule has 0 spiro atoms. The molecule has 0 bridgehead atoms. The van der Waals surface area contributed by atoms with Crippen LogP contribution in [0.4, 0.5) is 5.95 Å². The van der Waals surface area contributed by atoms with Crippen LogP contribution in [0.15, 0.2) is 54.9 Å². The number of nitrogens with zero attached hydrogens (tertiary/aromatic N) is 5. The lowest BCUT2D eigenvalue weighted by molar-refractivity contribution is 0.0925. The van der Waals surface area contributed by atoms with Crippen molar-refractivity contribution >= 4 is 11.7 Å². The van der Waals surface area contributed by atoms with Gasteiger partial charge in [0.25, 0.3) is 0 Å². The molecule has 6 nitrogen and oxygen atoms in total. The summed E-state index contributed by atoms with van der Waals surface area (Å²) in [5, 5.41) is 0. The predicted octanol–water partition coefficient (Wildman–Crippen LogP) is 3.14. The molecule has 1 aliphatic rings. The summed E-state index contributed by atoms with van der Waals surface area (Å²) in [6.45, 7) is 8.88. The second kappa shape index (κ2) is 9.22. The van der Waals surface area contributed by atoms with Gasteiger partial charge >= 0.3 is 0 Å². The van der Waals surface area contributed by atoms with Crippen molar-refractivity contribution in [2.45, 2.75) is 26.8 Å². The molecule has 3 heterocycles. The molecule has 4 rings (SSSR count). The van der Waals surface area contributed by atoms with Crippen LogP contribution in [-0.2, 0) is 13.0 Å². The summed E-state index contributed by atoms with van der Waals surface area (Å²) < 4.78 is 2.27. The minimum atomic E-state index is 0.207. The second-order valence-corrected chi connectivity index (χ2v) is 7.91. The molecular weight excluding hydrogens is 374 g/mol. The van der Waals surface area contributed by atoms with Crippen molar-refractivity contribution < 1.29 is 4.79 Å². The van der Waals surface area contributed by atoms with Crippen LogP contribution >= 0.6 is 0 Å². The van der Waals surface area contributed by atoms with Crippen molar-refractivity contribution in [3.8, 4) is 0 Å². The maximum absolute atomic E-state index is 13.0. The van der Waals surface area contributed by atoms with Crippen molar-refractivity contribution in [1.29, 1.82) is 0 Å². The van der Waals surface area contributed by atoms with Gasteiger partial charge in [-0.1, -0.05) is 30.3 Å². The highest BCUT2D eigenvalue weighted by Crippen LogP contribution is 2.18. The Morgan fingerprint density at radius 2 is 1.67 bits per heavy atom. The summed E-state index contributed by atoms with van der Waals surface area (Å²) in [6.07, 6.45) is 4.51. The summed E-state index contributed by atoms with van der Waals surface area (Å²) in [5.74, 6) is 0.976. The lowest BCUT2D eigenvalue weighted by atomic mass is 10.1. The highest BCUT2D eigenvalue weighted by molar-refractivity contribution is 5.99. The van der Waals surface area contributed by atoms with Crippen LogP contribution in [0.3, 0.4) is 0 Å². The molecule has 0 aliphatic carbocycles. The van der Waals surface area contributed by atoms with Gasteiger partial charge in [0.2, 0.25) is 5.95 Å². The van der Waals surface area contributed by atoms with Gasteiger partial charge in [-0.15, -0.1) is 0 Å². The summed E-state index contributed by atoms with van der Waals surface area (Å²) in [7, 11) is 0. The summed E-state index contributed by atoms with van der Waals surface area (Å²) >= 11 is 0. The largest absolute Gasteiger partial charge is 0.348 e. The smallest absolute Gasteiger partial charge is 0.225 e. The molecule has 1 aliphatic heterocycles. The summed E-state index contributed by atoms with van der Waals surface area (Å²) in [5.41, 5.74) is 4.40. The van der Waals surface area contributed by atoms with E-state index in [1.54, 1.807) is 12.4 Å². The van der Waals surface area contributed by atoms with Gasteiger partial charge in [-0.3, -0.25) is 9.69 Å². The molecule has 1 aromatic carbocycles. The molecule has 0 N–H and O–H groups in total. The van der Waals surface area contributed by atoms with E-state index < -0.39 is 0 Å². The van der Waals surface area contributed by atoms with Crippen molar-refractivity contribution in [3.63, 3.8) is 0 Å². The van der Waals surface area contributed by atoms with Gasteiger partial charge in [0.05, 0.1) is 6.54 Å². The van der Waals surface area contributed by atoms with E-state index in [2.05, 4.69) is 68.5 Å². The minimum absolute atomic E-state index is 0.207. The van der Waals surface area contributed by atoms with E-state index in [9.17, 15) is 4.79 Å². The van der Waals surface area contributed by atoms with Crippen molar-refractivity contribution in [2.24, 2.45) is 0 Å².